The summed E-state index contributed by atoms with van der Waals surface area (Å²) >= 11 is 5.91. The molecule has 66 valence electrons. The molecule has 0 heterocycles. The molecule has 0 atom stereocenters. The third-order valence-electron chi connectivity index (χ3n) is 1.71. The predicted molar refractivity (Wildman–Crippen MR) is 54.4 cm³/mol. The van der Waals surface area contributed by atoms with E-state index >= 15 is 0 Å². The van der Waals surface area contributed by atoms with Gasteiger partial charge in [-0.2, -0.15) is 0 Å². The lowest BCUT2D eigenvalue weighted by atomic mass is 10.3. The Bertz CT molecular complexity index is 271. The highest BCUT2D eigenvalue weighted by atomic mass is 35.5. The zero-order valence-corrected chi connectivity index (χ0v) is 9.24. The van der Waals surface area contributed by atoms with Crippen LogP contribution in [-0.4, -0.2) is 8.07 Å². The highest BCUT2D eigenvalue weighted by Crippen LogP contribution is 2.14. The van der Waals surface area contributed by atoms with Gasteiger partial charge >= 0.3 is 0 Å². The second-order valence-electron chi connectivity index (χ2n) is 3.85. The maximum Gasteiger partial charge on any atom is 0.123 e. The minimum atomic E-state index is -1.63. The van der Waals surface area contributed by atoms with Crippen LogP contribution in [0.15, 0.2) is 18.2 Å². The largest absolute Gasteiger partial charge is 0.207 e. The quantitative estimate of drug-likeness (QED) is 0.615. The predicted octanol–water partition coefficient (Wildman–Crippen LogP) is 3.02. The van der Waals surface area contributed by atoms with Crippen LogP contribution in [0.2, 0.25) is 24.7 Å². The molecule has 0 saturated heterocycles. The van der Waals surface area contributed by atoms with Crippen LogP contribution in [0.25, 0.3) is 0 Å². The van der Waals surface area contributed by atoms with Crippen molar-refractivity contribution in [3.05, 3.63) is 29.0 Å². The average Bonchev–Trinajstić information content (AvgIpc) is 1.82. The van der Waals surface area contributed by atoms with E-state index in [2.05, 4.69) is 19.6 Å². The number of benzene rings is 1. The fourth-order valence-corrected chi connectivity index (χ4v) is 3.83. The van der Waals surface area contributed by atoms with Gasteiger partial charge in [0.15, 0.2) is 0 Å². The van der Waals surface area contributed by atoms with Crippen molar-refractivity contribution >= 4 is 24.9 Å². The van der Waals surface area contributed by atoms with Gasteiger partial charge in [0.05, 0.1) is 8.07 Å². The Morgan fingerprint density at radius 2 is 1.83 bits per heavy atom. The summed E-state index contributed by atoms with van der Waals surface area (Å²) in [6.07, 6.45) is 0. The Morgan fingerprint density at radius 3 is 2.17 bits per heavy atom. The Hall–Kier alpha value is -0.343. The first kappa shape index (κ1) is 9.74. The van der Waals surface area contributed by atoms with Crippen molar-refractivity contribution in [1.82, 2.24) is 0 Å². The second-order valence-corrected chi connectivity index (χ2v) is 9.25. The maximum atomic E-state index is 13.3. The van der Waals surface area contributed by atoms with Crippen molar-refractivity contribution < 1.29 is 4.39 Å². The van der Waals surface area contributed by atoms with Crippen LogP contribution in [0.3, 0.4) is 0 Å². The molecule has 0 aliphatic rings. The van der Waals surface area contributed by atoms with Gasteiger partial charge in [-0.25, -0.2) is 4.39 Å². The van der Waals surface area contributed by atoms with E-state index in [4.69, 9.17) is 11.6 Å². The summed E-state index contributed by atoms with van der Waals surface area (Å²) in [7, 11) is -1.63. The van der Waals surface area contributed by atoms with Crippen molar-refractivity contribution in [3.8, 4) is 0 Å². The fraction of sp³-hybridized carbons (Fsp3) is 0.333. The van der Waals surface area contributed by atoms with E-state index in [1.165, 1.54) is 6.07 Å². The SMILES string of the molecule is C[Si](C)(C)c1c(F)cccc1Cl. The molecule has 1 rings (SSSR count). The molecule has 0 aliphatic carbocycles. The average molecular weight is 203 g/mol. The molecule has 12 heavy (non-hydrogen) atoms. The zero-order valence-electron chi connectivity index (χ0n) is 7.49. The molecule has 0 amide bonds. The molecular formula is C9H12ClFSi. The van der Waals surface area contributed by atoms with Crippen LogP contribution in [-0.2, 0) is 0 Å². The van der Waals surface area contributed by atoms with E-state index in [9.17, 15) is 4.39 Å². The normalized spacial score (nSPS) is 11.8. The lowest BCUT2D eigenvalue weighted by molar-refractivity contribution is 0.635. The van der Waals surface area contributed by atoms with Crippen LogP contribution in [0.1, 0.15) is 0 Å². The lowest BCUT2D eigenvalue weighted by Gasteiger charge is -2.18. The van der Waals surface area contributed by atoms with E-state index in [1.807, 2.05) is 0 Å². The van der Waals surface area contributed by atoms with Crippen LogP contribution in [0.5, 0.6) is 0 Å². The summed E-state index contributed by atoms with van der Waals surface area (Å²) in [6.45, 7) is 6.24. The standard InChI is InChI=1S/C9H12ClFSi/c1-12(2,3)9-7(10)5-4-6-8(9)11/h4-6H,1-3H3. The smallest absolute Gasteiger partial charge is 0.123 e. The van der Waals surface area contributed by atoms with E-state index in [0.29, 0.717) is 5.02 Å². The number of rotatable bonds is 1. The van der Waals surface area contributed by atoms with Gasteiger partial charge in [-0.3, -0.25) is 0 Å². The van der Waals surface area contributed by atoms with Crippen molar-refractivity contribution in [2.75, 3.05) is 0 Å². The van der Waals surface area contributed by atoms with Gasteiger partial charge in [-0.1, -0.05) is 37.3 Å². The van der Waals surface area contributed by atoms with Crippen molar-refractivity contribution in [3.63, 3.8) is 0 Å². The summed E-state index contributed by atoms with van der Waals surface area (Å²) in [6, 6.07) is 4.86. The summed E-state index contributed by atoms with van der Waals surface area (Å²) < 4.78 is 13.3. The minimum absolute atomic E-state index is 0.165. The van der Waals surface area contributed by atoms with Gasteiger partial charge in [0, 0.05) is 5.02 Å². The molecule has 0 bridgehead atoms. The molecule has 0 saturated carbocycles. The summed E-state index contributed by atoms with van der Waals surface area (Å²) in [5.74, 6) is -0.165. The molecule has 0 aliphatic heterocycles. The second kappa shape index (κ2) is 3.19. The molecule has 0 fully saturated rings. The van der Waals surface area contributed by atoms with Crippen LogP contribution in [0.4, 0.5) is 4.39 Å². The fourth-order valence-electron chi connectivity index (χ4n) is 1.21. The number of hydrogen-bond acceptors (Lipinski definition) is 0. The Morgan fingerprint density at radius 1 is 1.25 bits per heavy atom. The summed E-state index contributed by atoms with van der Waals surface area (Å²) in [5.41, 5.74) is 0. The Balaban J connectivity index is 3.31. The Labute approximate surface area is 78.4 Å². The first-order valence-corrected chi connectivity index (χ1v) is 7.75. The molecule has 0 radical (unpaired) electrons. The molecule has 1 aromatic rings. The van der Waals surface area contributed by atoms with Gasteiger partial charge in [0.1, 0.15) is 5.82 Å². The van der Waals surface area contributed by atoms with Crippen LogP contribution >= 0.6 is 11.6 Å². The molecule has 0 nitrogen and oxygen atoms in total. The summed E-state index contributed by atoms with van der Waals surface area (Å²) in [5, 5.41) is 1.29. The van der Waals surface area contributed by atoms with Crippen LogP contribution in [0, 0.1) is 5.82 Å². The third kappa shape index (κ3) is 1.87. The van der Waals surface area contributed by atoms with E-state index in [1.54, 1.807) is 12.1 Å². The molecular weight excluding hydrogens is 191 g/mol. The molecule has 0 aromatic heterocycles. The topological polar surface area (TPSA) is 0 Å². The Kier molecular flexibility index (Phi) is 2.59. The number of halogens is 2. The van der Waals surface area contributed by atoms with Gasteiger partial charge in [0.25, 0.3) is 0 Å². The zero-order chi connectivity index (χ0) is 9.35. The summed E-state index contributed by atoms with van der Waals surface area (Å²) in [4.78, 5) is 0. The van der Waals surface area contributed by atoms with E-state index < -0.39 is 8.07 Å². The highest BCUT2D eigenvalue weighted by Gasteiger charge is 2.23. The van der Waals surface area contributed by atoms with E-state index in [0.717, 1.165) is 5.19 Å². The molecule has 1 aromatic carbocycles. The maximum absolute atomic E-state index is 13.3. The minimum Gasteiger partial charge on any atom is -0.207 e. The first-order valence-electron chi connectivity index (χ1n) is 3.87. The van der Waals surface area contributed by atoms with Crippen molar-refractivity contribution in [1.29, 1.82) is 0 Å². The van der Waals surface area contributed by atoms with Gasteiger partial charge < -0.3 is 0 Å². The van der Waals surface area contributed by atoms with Crippen LogP contribution < -0.4 is 5.19 Å². The lowest BCUT2D eigenvalue weighted by Crippen LogP contribution is -2.40. The van der Waals surface area contributed by atoms with Gasteiger partial charge in [0.2, 0.25) is 0 Å². The number of hydrogen-bond donors (Lipinski definition) is 0. The molecule has 3 heteroatoms. The monoisotopic (exact) mass is 202 g/mol. The molecule has 0 unspecified atom stereocenters. The van der Waals surface area contributed by atoms with Gasteiger partial charge in [-0.05, 0) is 17.3 Å². The van der Waals surface area contributed by atoms with Crippen molar-refractivity contribution in [2.24, 2.45) is 0 Å². The van der Waals surface area contributed by atoms with Crippen molar-refractivity contribution in [2.45, 2.75) is 19.6 Å². The first-order chi connectivity index (χ1) is 5.43. The third-order valence-corrected chi connectivity index (χ3v) is 4.19. The van der Waals surface area contributed by atoms with Gasteiger partial charge in [-0.15, -0.1) is 0 Å². The molecule has 0 spiro atoms. The molecule has 0 N–H and O–H groups in total. The highest BCUT2D eigenvalue weighted by molar-refractivity contribution is 6.90. The van der Waals surface area contributed by atoms with E-state index in [-0.39, 0.29) is 5.82 Å².